The lowest BCUT2D eigenvalue weighted by Crippen LogP contribution is -2.07. The molecule has 0 saturated carbocycles. The van der Waals surface area contributed by atoms with Crippen molar-refractivity contribution >= 4 is 0 Å². The summed E-state index contributed by atoms with van der Waals surface area (Å²) in [6.07, 6.45) is 1.22. The van der Waals surface area contributed by atoms with Gasteiger partial charge in [0.1, 0.15) is 18.3 Å². The Balaban J connectivity index is 2.41. The number of hydrogen-bond donors (Lipinski definition) is 1. The zero-order valence-corrected chi connectivity index (χ0v) is 8.18. The van der Waals surface area contributed by atoms with Crippen molar-refractivity contribution in [3.63, 3.8) is 0 Å². The molecule has 1 aliphatic rings. The van der Waals surface area contributed by atoms with E-state index >= 15 is 0 Å². The van der Waals surface area contributed by atoms with Crippen LogP contribution in [0.25, 0.3) is 0 Å². The summed E-state index contributed by atoms with van der Waals surface area (Å²) >= 11 is 0. The maximum atomic E-state index is 13.5. The molecule has 0 amide bonds. The molecule has 1 aromatic carbocycles. The molecule has 2 rings (SSSR count). The Hall–Kier alpha value is -1.55. The van der Waals surface area contributed by atoms with Gasteiger partial charge >= 0.3 is 0 Å². The van der Waals surface area contributed by atoms with Gasteiger partial charge in [-0.2, -0.15) is 0 Å². The van der Waals surface area contributed by atoms with Crippen LogP contribution in [0.15, 0.2) is 30.7 Å². The second kappa shape index (κ2) is 3.90. The molecule has 1 aliphatic heterocycles. The highest BCUT2D eigenvalue weighted by molar-refractivity contribution is 5.31. The topological polar surface area (TPSA) is 38.7 Å². The molecule has 80 valence electrons. The second-order valence-corrected chi connectivity index (χ2v) is 3.29. The molecule has 1 heterocycles. The first-order valence-electron chi connectivity index (χ1n) is 4.62. The van der Waals surface area contributed by atoms with Gasteiger partial charge in [0.2, 0.25) is 0 Å². The molecule has 0 radical (unpaired) electrons. The summed E-state index contributed by atoms with van der Waals surface area (Å²) in [7, 11) is 0. The second-order valence-electron chi connectivity index (χ2n) is 3.29. The first-order chi connectivity index (χ1) is 7.20. The lowest BCUT2D eigenvalue weighted by Gasteiger charge is -2.17. The van der Waals surface area contributed by atoms with Crippen molar-refractivity contribution in [2.75, 3.05) is 0 Å². The van der Waals surface area contributed by atoms with Gasteiger partial charge in [0.15, 0.2) is 0 Å². The first kappa shape index (κ1) is 9.98. The predicted molar refractivity (Wildman–Crippen MR) is 51.1 cm³/mol. The van der Waals surface area contributed by atoms with Gasteiger partial charge in [-0.15, -0.1) is 0 Å². The summed E-state index contributed by atoms with van der Waals surface area (Å²) in [5, 5.41) is 9.47. The smallest absolute Gasteiger partial charge is 0.266 e. The van der Waals surface area contributed by atoms with Crippen LogP contribution in [0.4, 0.5) is 4.39 Å². The molecule has 0 aliphatic carbocycles. The summed E-state index contributed by atoms with van der Waals surface area (Å²) in [4.78, 5) is 0. The van der Waals surface area contributed by atoms with Gasteiger partial charge in [0.05, 0.1) is 6.10 Å². The molecule has 1 N–H and O–H groups in total. The van der Waals surface area contributed by atoms with Crippen LogP contribution >= 0.6 is 0 Å². The van der Waals surface area contributed by atoms with E-state index in [0.29, 0.717) is 5.56 Å². The van der Waals surface area contributed by atoms with Crippen molar-refractivity contribution in [1.29, 1.82) is 0 Å². The summed E-state index contributed by atoms with van der Waals surface area (Å²) in [6, 6.07) is 4.53. The van der Waals surface area contributed by atoms with Crippen molar-refractivity contribution in [3.05, 3.63) is 47.7 Å². The van der Waals surface area contributed by atoms with E-state index in [1.54, 1.807) is 12.1 Å². The average Bonchev–Trinajstić information content (AvgIpc) is 2.69. The maximum absolute atomic E-state index is 13.5. The normalized spacial score (nSPS) is 17.3. The highest BCUT2D eigenvalue weighted by atomic mass is 19.1. The Kier molecular flexibility index (Phi) is 2.60. The molecule has 4 heteroatoms. The standard InChI is InChI=1S/C11H11FO3/c1-7(13)10-8(3-2-4-9(10)12)11-14-5-6-15-11/h2-7,11,13H,1H3. The predicted octanol–water partition coefficient (Wildman–Crippen LogP) is 2.40. The molecule has 1 atom stereocenters. The number of aliphatic hydroxyl groups is 1. The van der Waals surface area contributed by atoms with E-state index in [0.717, 1.165) is 0 Å². The van der Waals surface area contributed by atoms with Gasteiger partial charge in [-0.25, -0.2) is 4.39 Å². The zero-order chi connectivity index (χ0) is 10.8. The summed E-state index contributed by atoms with van der Waals surface area (Å²) in [6.45, 7) is 1.50. The van der Waals surface area contributed by atoms with E-state index in [9.17, 15) is 9.50 Å². The highest BCUT2D eigenvalue weighted by Crippen LogP contribution is 2.31. The van der Waals surface area contributed by atoms with Crippen LogP contribution in [0, 0.1) is 5.82 Å². The van der Waals surface area contributed by atoms with Crippen LogP contribution in [0.2, 0.25) is 0 Å². The molecule has 0 spiro atoms. The molecule has 0 saturated heterocycles. The lowest BCUT2D eigenvalue weighted by molar-refractivity contribution is -0.0269. The fourth-order valence-corrected chi connectivity index (χ4v) is 1.59. The van der Waals surface area contributed by atoms with Crippen LogP contribution < -0.4 is 0 Å². The van der Waals surface area contributed by atoms with Crippen LogP contribution in [-0.2, 0) is 9.47 Å². The van der Waals surface area contributed by atoms with Gasteiger partial charge in [0.25, 0.3) is 6.29 Å². The van der Waals surface area contributed by atoms with Gasteiger partial charge in [-0.3, -0.25) is 0 Å². The van der Waals surface area contributed by atoms with Crippen molar-refractivity contribution in [2.45, 2.75) is 19.3 Å². The SMILES string of the molecule is CC(O)c1c(F)cccc1C1OC=CO1. The molecule has 0 bridgehead atoms. The Bertz CT molecular complexity index is 379. The molecular weight excluding hydrogens is 199 g/mol. The summed E-state index contributed by atoms with van der Waals surface area (Å²) < 4.78 is 23.7. The van der Waals surface area contributed by atoms with Crippen LogP contribution in [0.5, 0.6) is 0 Å². The van der Waals surface area contributed by atoms with E-state index in [-0.39, 0.29) is 5.56 Å². The molecular formula is C11H11FO3. The minimum absolute atomic E-state index is 0.214. The molecule has 1 aromatic rings. The third-order valence-corrected chi connectivity index (χ3v) is 2.22. The van der Waals surface area contributed by atoms with Gasteiger partial charge < -0.3 is 14.6 Å². The lowest BCUT2D eigenvalue weighted by atomic mass is 10.0. The third kappa shape index (κ3) is 1.80. The van der Waals surface area contributed by atoms with E-state index in [2.05, 4.69) is 0 Å². The van der Waals surface area contributed by atoms with E-state index in [1.165, 1.54) is 25.5 Å². The molecule has 3 nitrogen and oxygen atoms in total. The van der Waals surface area contributed by atoms with Crippen molar-refractivity contribution in [2.24, 2.45) is 0 Å². The summed E-state index contributed by atoms with van der Waals surface area (Å²) in [5.41, 5.74) is 0.723. The fourth-order valence-electron chi connectivity index (χ4n) is 1.59. The quantitative estimate of drug-likeness (QED) is 0.814. The Morgan fingerprint density at radius 2 is 2.00 bits per heavy atom. The number of hydrogen-bond acceptors (Lipinski definition) is 3. The zero-order valence-electron chi connectivity index (χ0n) is 8.18. The van der Waals surface area contributed by atoms with Crippen LogP contribution in [-0.4, -0.2) is 5.11 Å². The van der Waals surface area contributed by atoms with Gasteiger partial charge in [-0.1, -0.05) is 12.1 Å². The largest absolute Gasteiger partial charge is 0.455 e. The number of ether oxygens (including phenoxy) is 2. The number of halogens is 1. The summed E-state index contributed by atoms with van der Waals surface area (Å²) in [5.74, 6) is -0.457. The Labute approximate surface area is 86.7 Å². The van der Waals surface area contributed by atoms with Crippen molar-refractivity contribution < 1.29 is 19.0 Å². The van der Waals surface area contributed by atoms with Crippen molar-refractivity contribution in [3.8, 4) is 0 Å². The Morgan fingerprint density at radius 3 is 2.60 bits per heavy atom. The minimum atomic E-state index is -0.894. The maximum Gasteiger partial charge on any atom is 0.266 e. The third-order valence-electron chi connectivity index (χ3n) is 2.22. The fraction of sp³-hybridized carbons (Fsp3) is 0.273. The van der Waals surface area contributed by atoms with E-state index in [4.69, 9.17) is 9.47 Å². The number of benzene rings is 1. The van der Waals surface area contributed by atoms with Crippen molar-refractivity contribution in [1.82, 2.24) is 0 Å². The number of rotatable bonds is 2. The van der Waals surface area contributed by atoms with E-state index in [1.807, 2.05) is 0 Å². The molecule has 0 aromatic heterocycles. The molecule has 1 unspecified atom stereocenters. The van der Waals surface area contributed by atoms with Crippen LogP contribution in [0.3, 0.4) is 0 Å². The molecule has 15 heavy (non-hydrogen) atoms. The first-order valence-corrected chi connectivity index (χ1v) is 4.62. The van der Waals surface area contributed by atoms with Gasteiger partial charge in [0, 0.05) is 11.1 Å². The number of aliphatic hydroxyl groups excluding tert-OH is 1. The average molecular weight is 210 g/mol. The highest BCUT2D eigenvalue weighted by Gasteiger charge is 2.23. The monoisotopic (exact) mass is 210 g/mol. The minimum Gasteiger partial charge on any atom is -0.455 e. The van der Waals surface area contributed by atoms with E-state index < -0.39 is 18.2 Å². The van der Waals surface area contributed by atoms with Crippen LogP contribution in [0.1, 0.15) is 30.4 Å². The molecule has 0 fully saturated rings. The Morgan fingerprint density at radius 1 is 1.33 bits per heavy atom. The van der Waals surface area contributed by atoms with Gasteiger partial charge in [-0.05, 0) is 13.0 Å².